The Balaban J connectivity index is 1.87. The molecule has 110 valence electrons. The van der Waals surface area contributed by atoms with Gasteiger partial charge in [-0.05, 0) is 38.4 Å². The molecule has 1 atom stereocenters. The van der Waals surface area contributed by atoms with Gasteiger partial charge in [0.2, 0.25) is 0 Å². The van der Waals surface area contributed by atoms with Crippen LogP contribution in [0.1, 0.15) is 29.8 Å². The zero-order chi connectivity index (χ0) is 14.7. The number of hydrogen-bond acceptors (Lipinski definition) is 4. The van der Waals surface area contributed by atoms with E-state index in [4.69, 9.17) is 0 Å². The number of hydrogen-bond donors (Lipinski definition) is 1. The Labute approximate surface area is 124 Å². The van der Waals surface area contributed by atoms with Crippen LogP contribution in [0.2, 0.25) is 0 Å². The largest absolute Gasteiger partial charge is 0.333 e. The molecule has 1 aliphatic heterocycles. The predicted molar refractivity (Wildman–Crippen MR) is 82.1 cm³/mol. The Bertz CT molecular complexity index is 641. The van der Waals surface area contributed by atoms with Gasteiger partial charge in [-0.1, -0.05) is 12.1 Å². The van der Waals surface area contributed by atoms with Crippen LogP contribution >= 0.6 is 0 Å². The molecule has 21 heavy (non-hydrogen) atoms. The Morgan fingerprint density at radius 2 is 2.14 bits per heavy atom. The molecule has 1 fully saturated rings. The van der Waals surface area contributed by atoms with E-state index in [2.05, 4.69) is 15.3 Å². The smallest absolute Gasteiger partial charge is 0.274 e. The maximum atomic E-state index is 12.7. The highest BCUT2D eigenvalue weighted by atomic mass is 16.2. The van der Waals surface area contributed by atoms with E-state index in [1.165, 1.54) is 6.42 Å². The van der Waals surface area contributed by atoms with Gasteiger partial charge in [-0.25, -0.2) is 4.98 Å². The van der Waals surface area contributed by atoms with E-state index in [9.17, 15) is 4.79 Å². The Hall–Kier alpha value is -2.01. The molecule has 0 aliphatic carbocycles. The lowest BCUT2D eigenvalue weighted by Crippen LogP contribution is -2.48. The molecule has 0 saturated carbocycles. The van der Waals surface area contributed by atoms with E-state index in [1.807, 2.05) is 36.2 Å². The highest BCUT2D eigenvalue weighted by molar-refractivity contribution is 5.94. The molecule has 3 rings (SSSR count). The molecule has 1 N–H and O–H groups in total. The van der Waals surface area contributed by atoms with Crippen LogP contribution in [-0.4, -0.2) is 47.0 Å². The Morgan fingerprint density at radius 1 is 1.33 bits per heavy atom. The van der Waals surface area contributed by atoms with E-state index in [-0.39, 0.29) is 11.9 Å². The second-order valence-electron chi connectivity index (χ2n) is 5.45. The minimum absolute atomic E-state index is 0.00629. The predicted octanol–water partition coefficient (Wildman–Crippen LogP) is 1.84. The zero-order valence-corrected chi connectivity index (χ0v) is 12.2. The first-order valence-electron chi connectivity index (χ1n) is 7.47. The summed E-state index contributed by atoms with van der Waals surface area (Å²) in [7, 11) is 1.92. The van der Waals surface area contributed by atoms with Gasteiger partial charge >= 0.3 is 0 Å². The van der Waals surface area contributed by atoms with Crippen molar-refractivity contribution in [3.8, 4) is 0 Å². The number of likely N-dealkylation sites (N-methyl/N-ethyl adjacent to an activating group) is 1. The first kappa shape index (κ1) is 13.9. The molecule has 1 aromatic carbocycles. The number of benzene rings is 1. The molecule has 1 aromatic heterocycles. The van der Waals surface area contributed by atoms with Gasteiger partial charge in [-0.15, -0.1) is 0 Å². The number of rotatable bonds is 3. The van der Waals surface area contributed by atoms with Crippen molar-refractivity contribution < 1.29 is 4.79 Å². The molecule has 1 unspecified atom stereocenters. The van der Waals surface area contributed by atoms with Gasteiger partial charge in [-0.2, -0.15) is 0 Å². The zero-order valence-electron chi connectivity index (χ0n) is 12.2. The van der Waals surface area contributed by atoms with Crippen molar-refractivity contribution in [2.24, 2.45) is 0 Å². The van der Waals surface area contributed by atoms with Crippen LogP contribution in [0.15, 0.2) is 30.5 Å². The summed E-state index contributed by atoms with van der Waals surface area (Å²) in [4.78, 5) is 23.5. The average molecular weight is 284 g/mol. The van der Waals surface area contributed by atoms with Crippen molar-refractivity contribution in [2.45, 2.75) is 25.3 Å². The van der Waals surface area contributed by atoms with Crippen molar-refractivity contribution in [3.05, 3.63) is 36.2 Å². The number of para-hydroxylation sites is 2. The SMILES string of the molecule is CNCC1CCCCN1C(=O)c1cnc2ccccc2n1. The number of nitrogens with one attached hydrogen (secondary N) is 1. The van der Waals surface area contributed by atoms with Crippen LogP contribution in [0, 0.1) is 0 Å². The third kappa shape index (κ3) is 2.88. The van der Waals surface area contributed by atoms with E-state index in [1.54, 1.807) is 6.20 Å². The molecule has 1 saturated heterocycles. The Morgan fingerprint density at radius 3 is 2.95 bits per heavy atom. The van der Waals surface area contributed by atoms with Crippen LogP contribution in [-0.2, 0) is 0 Å². The second kappa shape index (κ2) is 6.18. The minimum atomic E-state index is -0.00629. The van der Waals surface area contributed by atoms with Gasteiger partial charge in [-0.3, -0.25) is 9.78 Å². The summed E-state index contributed by atoms with van der Waals surface area (Å²) < 4.78 is 0. The number of amides is 1. The van der Waals surface area contributed by atoms with E-state index >= 15 is 0 Å². The van der Waals surface area contributed by atoms with E-state index in [0.717, 1.165) is 37.0 Å². The van der Waals surface area contributed by atoms with Crippen LogP contribution in [0.25, 0.3) is 11.0 Å². The molecule has 2 heterocycles. The lowest BCUT2D eigenvalue weighted by atomic mass is 10.0. The number of carbonyl (C=O) groups is 1. The molecular formula is C16H20N4O. The second-order valence-corrected chi connectivity index (χ2v) is 5.45. The Kier molecular flexibility index (Phi) is 4.10. The molecule has 0 spiro atoms. The maximum absolute atomic E-state index is 12.7. The third-order valence-corrected chi connectivity index (χ3v) is 4.00. The lowest BCUT2D eigenvalue weighted by molar-refractivity contribution is 0.0609. The standard InChI is InChI=1S/C16H20N4O/c1-17-10-12-6-4-5-9-20(12)16(21)15-11-18-13-7-2-3-8-14(13)19-15/h2-3,7-8,11-12,17H,4-6,9-10H2,1H3. The first-order chi connectivity index (χ1) is 10.3. The summed E-state index contributed by atoms with van der Waals surface area (Å²) in [6, 6.07) is 7.88. The summed E-state index contributed by atoms with van der Waals surface area (Å²) in [5.41, 5.74) is 2.03. The fourth-order valence-electron chi connectivity index (χ4n) is 2.92. The summed E-state index contributed by atoms with van der Waals surface area (Å²) in [5, 5.41) is 3.17. The summed E-state index contributed by atoms with van der Waals surface area (Å²) >= 11 is 0. The van der Waals surface area contributed by atoms with Crippen molar-refractivity contribution in [1.82, 2.24) is 20.2 Å². The highest BCUT2D eigenvalue weighted by Crippen LogP contribution is 2.19. The number of nitrogens with zero attached hydrogens (tertiary/aromatic N) is 3. The summed E-state index contributed by atoms with van der Waals surface area (Å²) in [6.07, 6.45) is 4.88. The number of carbonyl (C=O) groups excluding carboxylic acids is 1. The van der Waals surface area contributed by atoms with Crippen LogP contribution in [0.5, 0.6) is 0 Å². The number of likely N-dealkylation sites (tertiary alicyclic amines) is 1. The van der Waals surface area contributed by atoms with E-state index in [0.29, 0.717) is 5.69 Å². The van der Waals surface area contributed by atoms with Gasteiger partial charge in [0.05, 0.1) is 17.2 Å². The molecule has 5 heteroatoms. The topological polar surface area (TPSA) is 58.1 Å². The fourth-order valence-corrected chi connectivity index (χ4v) is 2.92. The molecule has 0 radical (unpaired) electrons. The normalized spacial score (nSPS) is 18.9. The molecule has 1 aliphatic rings. The molecule has 5 nitrogen and oxygen atoms in total. The highest BCUT2D eigenvalue weighted by Gasteiger charge is 2.27. The van der Waals surface area contributed by atoms with Crippen molar-refractivity contribution >= 4 is 16.9 Å². The average Bonchev–Trinajstić information content (AvgIpc) is 2.54. The molecule has 2 aromatic rings. The quantitative estimate of drug-likeness (QED) is 0.934. The number of fused-ring (bicyclic) bond motifs is 1. The van der Waals surface area contributed by atoms with Crippen LogP contribution in [0.4, 0.5) is 0 Å². The number of aromatic nitrogens is 2. The van der Waals surface area contributed by atoms with Gasteiger partial charge < -0.3 is 10.2 Å². The molecule has 1 amide bonds. The third-order valence-electron chi connectivity index (χ3n) is 4.00. The summed E-state index contributed by atoms with van der Waals surface area (Å²) in [5.74, 6) is -0.00629. The summed E-state index contributed by atoms with van der Waals surface area (Å²) in [6.45, 7) is 1.63. The van der Waals surface area contributed by atoms with Gasteiger partial charge in [0.1, 0.15) is 5.69 Å². The molecular weight excluding hydrogens is 264 g/mol. The minimum Gasteiger partial charge on any atom is -0.333 e. The fraction of sp³-hybridized carbons (Fsp3) is 0.438. The van der Waals surface area contributed by atoms with Gasteiger partial charge in [0.25, 0.3) is 5.91 Å². The number of piperidine rings is 1. The first-order valence-corrected chi connectivity index (χ1v) is 7.47. The molecule has 0 bridgehead atoms. The van der Waals surface area contributed by atoms with Gasteiger partial charge in [0, 0.05) is 19.1 Å². The monoisotopic (exact) mass is 284 g/mol. The van der Waals surface area contributed by atoms with Gasteiger partial charge in [0.15, 0.2) is 0 Å². The van der Waals surface area contributed by atoms with Crippen molar-refractivity contribution in [2.75, 3.05) is 20.1 Å². The lowest BCUT2D eigenvalue weighted by Gasteiger charge is -2.35. The van der Waals surface area contributed by atoms with Crippen LogP contribution in [0.3, 0.4) is 0 Å². The van der Waals surface area contributed by atoms with Crippen molar-refractivity contribution in [3.63, 3.8) is 0 Å². The van der Waals surface area contributed by atoms with Crippen molar-refractivity contribution in [1.29, 1.82) is 0 Å². The van der Waals surface area contributed by atoms with Crippen LogP contribution < -0.4 is 5.32 Å². The van der Waals surface area contributed by atoms with E-state index < -0.39 is 0 Å². The maximum Gasteiger partial charge on any atom is 0.274 e.